The molecule has 82 valence electrons. The first-order valence-electron chi connectivity index (χ1n) is 5.79. The highest BCUT2D eigenvalue weighted by Gasteiger charge is 2.31. The van der Waals surface area contributed by atoms with Crippen molar-refractivity contribution in [2.24, 2.45) is 0 Å². The molecule has 0 amide bonds. The van der Waals surface area contributed by atoms with E-state index in [1.165, 1.54) is 35.1 Å². The summed E-state index contributed by atoms with van der Waals surface area (Å²) in [5, 5.41) is 9.56. The van der Waals surface area contributed by atoms with Crippen LogP contribution in [-0.2, 0) is 11.8 Å². The van der Waals surface area contributed by atoms with Crippen LogP contribution in [0, 0.1) is 13.8 Å². The minimum Gasteiger partial charge on any atom is -0.395 e. The summed E-state index contributed by atoms with van der Waals surface area (Å²) in [6.07, 6.45) is 3.49. The van der Waals surface area contributed by atoms with E-state index in [0.717, 1.165) is 6.42 Å². The molecule has 1 heteroatoms. The molecule has 1 unspecified atom stereocenters. The van der Waals surface area contributed by atoms with Crippen LogP contribution < -0.4 is 0 Å². The maximum Gasteiger partial charge on any atom is 0.0525 e. The Balaban J connectivity index is 2.59. The van der Waals surface area contributed by atoms with E-state index in [0.29, 0.717) is 0 Å². The minimum atomic E-state index is -0.00789. The van der Waals surface area contributed by atoms with Crippen molar-refractivity contribution < 1.29 is 5.11 Å². The van der Waals surface area contributed by atoms with E-state index in [9.17, 15) is 5.11 Å². The van der Waals surface area contributed by atoms with E-state index in [-0.39, 0.29) is 12.0 Å². The lowest BCUT2D eigenvalue weighted by atomic mass is 9.70. The number of rotatable bonds is 1. The van der Waals surface area contributed by atoms with Crippen molar-refractivity contribution in [3.8, 4) is 0 Å². The van der Waals surface area contributed by atoms with Gasteiger partial charge in [-0.3, -0.25) is 0 Å². The van der Waals surface area contributed by atoms with Crippen LogP contribution >= 0.6 is 0 Å². The first-order valence-corrected chi connectivity index (χ1v) is 5.79. The average Bonchev–Trinajstić information content (AvgIpc) is 2.24. The number of aliphatic hydroxyl groups is 1. The zero-order valence-electron chi connectivity index (χ0n) is 9.93. The first kappa shape index (κ1) is 10.7. The summed E-state index contributed by atoms with van der Waals surface area (Å²) in [6, 6.07) is 4.40. The van der Waals surface area contributed by atoms with Crippen molar-refractivity contribution in [1.82, 2.24) is 0 Å². The van der Waals surface area contributed by atoms with Crippen molar-refractivity contribution in [2.75, 3.05) is 6.61 Å². The molecule has 1 aromatic rings. The van der Waals surface area contributed by atoms with Crippen molar-refractivity contribution >= 4 is 0 Å². The highest BCUT2D eigenvalue weighted by molar-refractivity contribution is 5.45. The second kappa shape index (κ2) is 3.64. The van der Waals surface area contributed by atoms with E-state index in [1.54, 1.807) is 0 Å². The van der Waals surface area contributed by atoms with Gasteiger partial charge in [0.15, 0.2) is 0 Å². The van der Waals surface area contributed by atoms with Gasteiger partial charge in [0.1, 0.15) is 0 Å². The van der Waals surface area contributed by atoms with Gasteiger partial charge in [0.2, 0.25) is 0 Å². The highest BCUT2D eigenvalue weighted by Crippen LogP contribution is 2.38. The highest BCUT2D eigenvalue weighted by atomic mass is 16.3. The molecule has 1 nitrogen and oxygen atoms in total. The van der Waals surface area contributed by atoms with Gasteiger partial charge in [0.25, 0.3) is 0 Å². The summed E-state index contributed by atoms with van der Waals surface area (Å²) in [6.45, 7) is 6.82. The molecule has 0 saturated carbocycles. The third kappa shape index (κ3) is 1.59. The Bertz CT molecular complexity index is 381. The molecule has 1 aliphatic rings. The molecular formula is C14H20O. The Labute approximate surface area is 92.1 Å². The molecule has 1 N–H and O–H groups in total. The van der Waals surface area contributed by atoms with E-state index >= 15 is 0 Å². The predicted octanol–water partition coefficient (Wildman–Crippen LogP) is 2.89. The zero-order valence-corrected chi connectivity index (χ0v) is 9.93. The molecule has 0 bridgehead atoms. The topological polar surface area (TPSA) is 20.2 Å². The van der Waals surface area contributed by atoms with Crippen LogP contribution in [0.15, 0.2) is 12.1 Å². The lowest BCUT2D eigenvalue weighted by molar-refractivity contribution is 0.188. The second-order valence-corrected chi connectivity index (χ2v) is 5.11. The summed E-state index contributed by atoms with van der Waals surface area (Å²) < 4.78 is 0. The predicted molar refractivity (Wildman–Crippen MR) is 63.3 cm³/mol. The smallest absolute Gasteiger partial charge is 0.0525 e. The molecular weight excluding hydrogens is 184 g/mol. The van der Waals surface area contributed by atoms with Gasteiger partial charge < -0.3 is 5.11 Å². The zero-order chi connectivity index (χ0) is 11.1. The third-order valence-corrected chi connectivity index (χ3v) is 4.02. The molecule has 1 atom stereocenters. The molecule has 2 rings (SSSR count). The van der Waals surface area contributed by atoms with Gasteiger partial charge in [-0.25, -0.2) is 0 Å². The van der Waals surface area contributed by atoms with E-state index in [4.69, 9.17) is 0 Å². The van der Waals surface area contributed by atoms with Crippen molar-refractivity contribution in [3.63, 3.8) is 0 Å². The van der Waals surface area contributed by atoms with Crippen molar-refractivity contribution in [3.05, 3.63) is 34.4 Å². The third-order valence-electron chi connectivity index (χ3n) is 4.02. The molecule has 0 aliphatic heterocycles. The Morgan fingerprint density at radius 2 is 2.07 bits per heavy atom. The molecule has 0 fully saturated rings. The van der Waals surface area contributed by atoms with Crippen LogP contribution in [0.25, 0.3) is 0 Å². The van der Waals surface area contributed by atoms with Crippen LogP contribution in [0.4, 0.5) is 0 Å². The monoisotopic (exact) mass is 204 g/mol. The second-order valence-electron chi connectivity index (χ2n) is 5.11. The fourth-order valence-electron chi connectivity index (χ4n) is 2.72. The molecule has 0 radical (unpaired) electrons. The molecule has 0 saturated heterocycles. The molecule has 15 heavy (non-hydrogen) atoms. The average molecular weight is 204 g/mol. The minimum absolute atomic E-state index is 0.00789. The lowest BCUT2D eigenvalue weighted by Gasteiger charge is -2.35. The number of hydrogen-bond donors (Lipinski definition) is 1. The van der Waals surface area contributed by atoms with Gasteiger partial charge >= 0.3 is 0 Å². The van der Waals surface area contributed by atoms with E-state index < -0.39 is 0 Å². The lowest BCUT2D eigenvalue weighted by Crippen LogP contribution is -2.31. The maximum atomic E-state index is 9.56. The fourth-order valence-corrected chi connectivity index (χ4v) is 2.72. The van der Waals surface area contributed by atoms with Crippen molar-refractivity contribution in [2.45, 2.75) is 45.4 Å². The Morgan fingerprint density at radius 1 is 1.33 bits per heavy atom. The number of fused-ring (bicyclic) bond motifs is 1. The summed E-state index contributed by atoms with van der Waals surface area (Å²) in [7, 11) is 0. The Morgan fingerprint density at radius 3 is 2.73 bits per heavy atom. The van der Waals surface area contributed by atoms with Crippen LogP contribution in [0.2, 0.25) is 0 Å². The molecule has 1 aliphatic carbocycles. The molecule has 0 heterocycles. The van der Waals surface area contributed by atoms with Gasteiger partial charge in [-0.1, -0.05) is 19.1 Å². The maximum absolute atomic E-state index is 9.56. The number of hydrogen-bond acceptors (Lipinski definition) is 1. The van der Waals surface area contributed by atoms with E-state index in [1.807, 2.05) is 0 Å². The molecule has 0 aromatic heterocycles. The fraction of sp³-hybridized carbons (Fsp3) is 0.571. The standard InChI is InChI=1S/C14H20O/c1-10-6-7-13-12(11(10)2)5-4-8-14(13,3)9-15/h6-7,15H,4-5,8-9H2,1-3H3. The van der Waals surface area contributed by atoms with Gasteiger partial charge in [-0.2, -0.15) is 0 Å². The van der Waals surface area contributed by atoms with Crippen LogP contribution in [0.3, 0.4) is 0 Å². The van der Waals surface area contributed by atoms with Gasteiger partial charge in [0, 0.05) is 5.41 Å². The van der Waals surface area contributed by atoms with Crippen molar-refractivity contribution in [1.29, 1.82) is 0 Å². The quantitative estimate of drug-likeness (QED) is 0.745. The SMILES string of the molecule is Cc1ccc2c(c1C)CCCC2(C)CO. The van der Waals surface area contributed by atoms with Crippen LogP contribution in [0.5, 0.6) is 0 Å². The summed E-state index contributed by atoms with van der Waals surface area (Å²) >= 11 is 0. The summed E-state index contributed by atoms with van der Waals surface area (Å²) in [5.41, 5.74) is 5.64. The Hall–Kier alpha value is -0.820. The van der Waals surface area contributed by atoms with Crippen LogP contribution in [0.1, 0.15) is 42.0 Å². The number of benzene rings is 1. The number of aliphatic hydroxyl groups excluding tert-OH is 1. The number of aryl methyl sites for hydroxylation is 1. The normalized spacial score (nSPS) is 25.1. The summed E-state index contributed by atoms with van der Waals surface area (Å²) in [5.74, 6) is 0. The first-order chi connectivity index (χ1) is 7.08. The van der Waals surface area contributed by atoms with Gasteiger partial charge in [0.05, 0.1) is 6.61 Å². The van der Waals surface area contributed by atoms with E-state index in [2.05, 4.69) is 32.9 Å². The van der Waals surface area contributed by atoms with Gasteiger partial charge in [-0.05, 0) is 55.4 Å². The largest absolute Gasteiger partial charge is 0.395 e. The van der Waals surface area contributed by atoms with Crippen LogP contribution in [-0.4, -0.2) is 11.7 Å². The summed E-state index contributed by atoms with van der Waals surface area (Å²) in [4.78, 5) is 0. The molecule has 0 spiro atoms. The Kier molecular flexibility index (Phi) is 2.59. The van der Waals surface area contributed by atoms with Gasteiger partial charge in [-0.15, -0.1) is 0 Å². The molecule has 1 aromatic carbocycles.